The van der Waals surface area contributed by atoms with Crippen LogP contribution < -0.4 is 0 Å². The number of hydrogen-bond acceptors (Lipinski definition) is 5. The minimum atomic E-state index is -0.448. The molecule has 1 aliphatic rings. The number of amides is 1. The van der Waals surface area contributed by atoms with Crippen LogP contribution in [0.1, 0.15) is 23.1 Å². The predicted octanol–water partition coefficient (Wildman–Crippen LogP) is 3.21. The molecule has 1 aliphatic heterocycles. The fourth-order valence-corrected chi connectivity index (χ4v) is 3.31. The third-order valence-electron chi connectivity index (χ3n) is 4.89. The Bertz CT molecular complexity index is 947. The normalized spacial score (nSPS) is 15.1. The molecule has 0 aromatic heterocycles. The first-order valence-electron chi connectivity index (χ1n) is 9.48. The van der Waals surface area contributed by atoms with Crippen molar-refractivity contribution in [3.05, 3.63) is 81.4 Å². The number of nitrogens with zero attached hydrogens (tertiary/aromatic N) is 4. The molecule has 7 heteroatoms. The van der Waals surface area contributed by atoms with Gasteiger partial charge < -0.3 is 4.90 Å². The van der Waals surface area contributed by atoms with E-state index in [9.17, 15) is 14.9 Å². The topological polar surface area (TPSA) is 90.5 Å². The maximum Gasteiger partial charge on any atom is 0.270 e. The van der Waals surface area contributed by atoms with Gasteiger partial charge in [0.05, 0.1) is 16.6 Å². The molecule has 29 heavy (non-hydrogen) atoms. The van der Waals surface area contributed by atoms with Gasteiger partial charge in [0, 0.05) is 50.9 Å². The summed E-state index contributed by atoms with van der Waals surface area (Å²) in [6, 6.07) is 15.9. The summed E-state index contributed by atoms with van der Waals surface area (Å²) in [6.45, 7) is 3.78. The number of benzene rings is 2. The maximum absolute atomic E-state index is 12.5. The van der Waals surface area contributed by atoms with Gasteiger partial charge in [-0.2, -0.15) is 5.26 Å². The molecule has 0 N–H and O–H groups in total. The van der Waals surface area contributed by atoms with Gasteiger partial charge >= 0.3 is 0 Å². The first kappa shape index (κ1) is 20.2. The molecule has 1 fully saturated rings. The first-order valence-corrected chi connectivity index (χ1v) is 9.48. The minimum absolute atomic E-state index is 0.00724. The van der Waals surface area contributed by atoms with Crippen LogP contribution in [0, 0.1) is 21.4 Å². The highest BCUT2D eigenvalue weighted by molar-refractivity contribution is 5.91. The van der Waals surface area contributed by atoms with E-state index in [0.717, 1.165) is 31.6 Å². The Balaban J connectivity index is 1.55. The maximum atomic E-state index is 12.5. The number of nitro benzene ring substituents is 1. The van der Waals surface area contributed by atoms with Gasteiger partial charge in [-0.1, -0.05) is 24.3 Å². The zero-order chi connectivity index (χ0) is 20.6. The van der Waals surface area contributed by atoms with E-state index in [1.807, 2.05) is 29.2 Å². The lowest BCUT2D eigenvalue weighted by molar-refractivity contribution is -0.384. The van der Waals surface area contributed by atoms with E-state index in [-0.39, 0.29) is 11.6 Å². The highest BCUT2D eigenvalue weighted by Crippen LogP contribution is 2.15. The Morgan fingerprint density at radius 3 is 2.66 bits per heavy atom. The van der Waals surface area contributed by atoms with Crippen molar-refractivity contribution in [1.29, 1.82) is 5.26 Å². The first-order chi connectivity index (χ1) is 14.0. The van der Waals surface area contributed by atoms with Crippen molar-refractivity contribution in [2.75, 3.05) is 26.2 Å². The van der Waals surface area contributed by atoms with Crippen molar-refractivity contribution < 1.29 is 9.72 Å². The molecule has 0 radical (unpaired) electrons. The zero-order valence-electron chi connectivity index (χ0n) is 16.0. The van der Waals surface area contributed by atoms with Crippen molar-refractivity contribution in [2.45, 2.75) is 13.0 Å². The van der Waals surface area contributed by atoms with Gasteiger partial charge in [0.1, 0.15) is 0 Å². The number of hydrogen-bond donors (Lipinski definition) is 0. The summed E-state index contributed by atoms with van der Waals surface area (Å²) < 4.78 is 0. The molecule has 3 rings (SSSR count). The molecule has 0 saturated carbocycles. The molecule has 1 heterocycles. The number of carbonyl (C=O) groups is 1. The summed E-state index contributed by atoms with van der Waals surface area (Å²) in [5, 5.41) is 19.7. The van der Waals surface area contributed by atoms with Crippen LogP contribution >= 0.6 is 0 Å². The Hall–Kier alpha value is -3.50. The lowest BCUT2D eigenvalue weighted by Crippen LogP contribution is -2.34. The van der Waals surface area contributed by atoms with Crippen LogP contribution in [0.3, 0.4) is 0 Å². The van der Waals surface area contributed by atoms with Crippen molar-refractivity contribution in [2.24, 2.45) is 0 Å². The third-order valence-corrected chi connectivity index (χ3v) is 4.89. The monoisotopic (exact) mass is 390 g/mol. The molecule has 0 atom stereocenters. The van der Waals surface area contributed by atoms with Gasteiger partial charge in [0.25, 0.3) is 5.69 Å². The quantitative estimate of drug-likeness (QED) is 0.444. The van der Waals surface area contributed by atoms with E-state index in [2.05, 4.69) is 11.0 Å². The van der Waals surface area contributed by atoms with Gasteiger partial charge in [-0.3, -0.25) is 19.8 Å². The Kier molecular flexibility index (Phi) is 6.72. The van der Waals surface area contributed by atoms with Gasteiger partial charge in [-0.05, 0) is 35.8 Å². The van der Waals surface area contributed by atoms with Crippen LogP contribution in [0.25, 0.3) is 6.08 Å². The average molecular weight is 390 g/mol. The Morgan fingerprint density at radius 1 is 1.14 bits per heavy atom. The van der Waals surface area contributed by atoms with Crippen molar-refractivity contribution >= 4 is 17.7 Å². The van der Waals surface area contributed by atoms with E-state index in [1.165, 1.54) is 18.2 Å². The second kappa shape index (κ2) is 9.62. The van der Waals surface area contributed by atoms with Crippen LogP contribution in [0.2, 0.25) is 0 Å². The van der Waals surface area contributed by atoms with Crippen LogP contribution in [0.4, 0.5) is 5.69 Å². The van der Waals surface area contributed by atoms with Gasteiger partial charge in [0.2, 0.25) is 5.91 Å². The predicted molar refractivity (Wildman–Crippen MR) is 110 cm³/mol. The molecular weight excluding hydrogens is 368 g/mol. The fraction of sp³-hybridized carbons (Fsp3) is 0.273. The summed E-state index contributed by atoms with van der Waals surface area (Å²) in [5.41, 5.74) is 2.43. The number of nitro groups is 1. The Morgan fingerprint density at radius 2 is 1.93 bits per heavy atom. The lowest BCUT2D eigenvalue weighted by Gasteiger charge is -2.21. The highest BCUT2D eigenvalue weighted by atomic mass is 16.6. The SMILES string of the molecule is N#Cc1ccc(CN2CCCN(C(=O)/C=C/c3cccc([N+](=O)[O-])c3)CC2)cc1. The molecule has 148 valence electrons. The number of nitriles is 1. The number of carbonyl (C=O) groups excluding carboxylic acids is 1. The summed E-state index contributed by atoms with van der Waals surface area (Å²) >= 11 is 0. The smallest absolute Gasteiger partial charge is 0.270 e. The number of rotatable bonds is 5. The van der Waals surface area contributed by atoms with Crippen LogP contribution in [-0.4, -0.2) is 46.8 Å². The van der Waals surface area contributed by atoms with Crippen molar-refractivity contribution in [3.63, 3.8) is 0 Å². The van der Waals surface area contributed by atoms with E-state index in [0.29, 0.717) is 24.2 Å². The molecule has 2 aromatic rings. The van der Waals surface area contributed by atoms with Crippen molar-refractivity contribution in [1.82, 2.24) is 9.80 Å². The molecule has 1 amide bonds. The number of non-ortho nitro benzene ring substituents is 1. The van der Waals surface area contributed by atoms with Crippen LogP contribution in [-0.2, 0) is 11.3 Å². The molecule has 0 aliphatic carbocycles. The Labute approximate surface area is 169 Å². The zero-order valence-corrected chi connectivity index (χ0v) is 16.0. The highest BCUT2D eigenvalue weighted by Gasteiger charge is 2.17. The molecule has 2 aromatic carbocycles. The summed E-state index contributed by atoms with van der Waals surface area (Å²) in [6.07, 6.45) is 3.98. The molecule has 0 spiro atoms. The van der Waals surface area contributed by atoms with Gasteiger partial charge in [-0.25, -0.2) is 0 Å². The lowest BCUT2D eigenvalue weighted by atomic mass is 10.1. The standard InChI is InChI=1S/C22H22N4O3/c23-16-19-5-7-20(8-6-19)17-24-11-2-12-25(14-13-24)22(27)10-9-18-3-1-4-21(15-18)26(28)29/h1,3-10,15H,2,11-14,17H2/b10-9+. The second-order valence-corrected chi connectivity index (χ2v) is 6.95. The molecule has 7 nitrogen and oxygen atoms in total. The van der Waals surface area contributed by atoms with E-state index in [4.69, 9.17) is 5.26 Å². The van der Waals surface area contributed by atoms with E-state index >= 15 is 0 Å². The second-order valence-electron chi connectivity index (χ2n) is 6.95. The van der Waals surface area contributed by atoms with Crippen molar-refractivity contribution in [3.8, 4) is 6.07 Å². The van der Waals surface area contributed by atoms with Crippen LogP contribution in [0.5, 0.6) is 0 Å². The average Bonchev–Trinajstić information content (AvgIpc) is 2.98. The largest absolute Gasteiger partial charge is 0.338 e. The summed E-state index contributed by atoms with van der Waals surface area (Å²) in [4.78, 5) is 27.1. The molecule has 0 bridgehead atoms. The summed E-state index contributed by atoms with van der Waals surface area (Å²) in [7, 11) is 0. The van der Waals surface area contributed by atoms with E-state index in [1.54, 1.807) is 18.2 Å². The molecule has 1 saturated heterocycles. The van der Waals surface area contributed by atoms with E-state index < -0.39 is 4.92 Å². The molecular formula is C22H22N4O3. The van der Waals surface area contributed by atoms with Crippen LogP contribution in [0.15, 0.2) is 54.6 Å². The molecule has 0 unspecified atom stereocenters. The minimum Gasteiger partial charge on any atom is -0.338 e. The fourth-order valence-electron chi connectivity index (χ4n) is 3.31. The van der Waals surface area contributed by atoms with Gasteiger partial charge in [0.15, 0.2) is 0 Å². The summed E-state index contributed by atoms with van der Waals surface area (Å²) in [5.74, 6) is -0.0864. The van der Waals surface area contributed by atoms with Gasteiger partial charge in [-0.15, -0.1) is 0 Å². The third kappa shape index (κ3) is 5.74.